The van der Waals surface area contributed by atoms with Gasteiger partial charge in [-0.2, -0.15) is 13.2 Å². The van der Waals surface area contributed by atoms with Crippen LogP contribution in [0.3, 0.4) is 0 Å². The summed E-state index contributed by atoms with van der Waals surface area (Å²) in [6.07, 6.45) is -2.86. The van der Waals surface area contributed by atoms with E-state index in [-0.39, 0.29) is 18.2 Å². The van der Waals surface area contributed by atoms with Gasteiger partial charge in [0.1, 0.15) is 17.2 Å². The zero-order chi connectivity index (χ0) is 18.1. The predicted molar refractivity (Wildman–Crippen MR) is 83.9 cm³/mol. The third-order valence-corrected chi connectivity index (χ3v) is 3.54. The minimum atomic E-state index is -4.56. The fourth-order valence-corrected chi connectivity index (χ4v) is 2.41. The number of hydrogen-bond acceptors (Lipinski definition) is 5. The Morgan fingerprint density at radius 3 is 2.38 bits per heavy atom. The van der Waals surface area contributed by atoms with E-state index in [9.17, 15) is 13.2 Å². The van der Waals surface area contributed by atoms with Gasteiger partial charge in [0.15, 0.2) is 0 Å². The summed E-state index contributed by atoms with van der Waals surface area (Å²) < 4.78 is 44.6. The van der Waals surface area contributed by atoms with E-state index in [0.29, 0.717) is 22.6 Å². The van der Waals surface area contributed by atoms with Crippen molar-refractivity contribution >= 4 is 5.82 Å². The standard InChI is InChI=1S/C16H19F3N4O/c1-8(2)13-10(5-11-7-21-9(3)22-14(11)20)6-12(16(17,18)19)15(23-13)24-4/h6-8H,5H2,1-4H3,(H2,20,21,22). The van der Waals surface area contributed by atoms with Crippen molar-refractivity contribution in [1.82, 2.24) is 15.0 Å². The lowest BCUT2D eigenvalue weighted by Gasteiger charge is -2.18. The lowest BCUT2D eigenvalue weighted by atomic mass is 9.97. The van der Waals surface area contributed by atoms with Gasteiger partial charge in [0.2, 0.25) is 5.88 Å². The fourth-order valence-electron chi connectivity index (χ4n) is 2.41. The number of pyridine rings is 1. The molecule has 24 heavy (non-hydrogen) atoms. The molecule has 0 fully saturated rings. The van der Waals surface area contributed by atoms with E-state index < -0.39 is 17.6 Å². The maximum atomic E-state index is 13.2. The average molecular weight is 340 g/mol. The number of alkyl halides is 3. The zero-order valence-corrected chi connectivity index (χ0v) is 13.9. The van der Waals surface area contributed by atoms with Crippen LogP contribution >= 0.6 is 0 Å². The summed E-state index contributed by atoms with van der Waals surface area (Å²) in [7, 11) is 1.17. The van der Waals surface area contributed by atoms with Gasteiger partial charge in [-0.1, -0.05) is 13.8 Å². The maximum absolute atomic E-state index is 13.2. The van der Waals surface area contributed by atoms with Crippen molar-refractivity contribution in [2.75, 3.05) is 12.8 Å². The van der Waals surface area contributed by atoms with Gasteiger partial charge in [0.25, 0.3) is 0 Å². The molecule has 0 aliphatic heterocycles. The number of methoxy groups -OCH3 is 1. The van der Waals surface area contributed by atoms with Crippen LogP contribution in [0.5, 0.6) is 5.88 Å². The number of ether oxygens (including phenoxy) is 1. The van der Waals surface area contributed by atoms with E-state index in [2.05, 4.69) is 15.0 Å². The van der Waals surface area contributed by atoms with Crippen molar-refractivity contribution in [3.63, 3.8) is 0 Å². The summed E-state index contributed by atoms with van der Waals surface area (Å²) >= 11 is 0. The number of nitrogens with zero attached hydrogens (tertiary/aromatic N) is 3. The number of aryl methyl sites for hydroxylation is 1. The Balaban J connectivity index is 2.58. The van der Waals surface area contributed by atoms with Gasteiger partial charge in [0, 0.05) is 18.2 Å². The zero-order valence-electron chi connectivity index (χ0n) is 13.9. The van der Waals surface area contributed by atoms with Gasteiger partial charge in [-0.15, -0.1) is 0 Å². The van der Waals surface area contributed by atoms with Crippen LogP contribution in [0, 0.1) is 6.92 Å². The Labute approximate surface area is 138 Å². The van der Waals surface area contributed by atoms with Crippen LogP contribution in [-0.2, 0) is 12.6 Å². The quantitative estimate of drug-likeness (QED) is 0.922. The molecule has 0 atom stereocenters. The highest BCUT2D eigenvalue weighted by atomic mass is 19.4. The second kappa shape index (κ2) is 6.62. The summed E-state index contributed by atoms with van der Waals surface area (Å²) in [6.45, 7) is 5.40. The van der Waals surface area contributed by atoms with E-state index in [4.69, 9.17) is 10.5 Å². The van der Waals surface area contributed by atoms with Crippen molar-refractivity contribution in [2.45, 2.75) is 39.3 Å². The molecule has 0 amide bonds. The normalized spacial score (nSPS) is 11.8. The van der Waals surface area contributed by atoms with Crippen LogP contribution in [0.2, 0.25) is 0 Å². The average Bonchev–Trinajstić information content (AvgIpc) is 2.48. The van der Waals surface area contributed by atoms with Gasteiger partial charge < -0.3 is 10.5 Å². The molecule has 0 spiro atoms. The molecule has 0 bridgehead atoms. The third kappa shape index (κ3) is 3.74. The van der Waals surface area contributed by atoms with Crippen molar-refractivity contribution in [3.05, 3.63) is 40.5 Å². The van der Waals surface area contributed by atoms with Crippen molar-refractivity contribution in [1.29, 1.82) is 0 Å². The van der Waals surface area contributed by atoms with Gasteiger partial charge in [-0.3, -0.25) is 0 Å². The first-order chi connectivity index (χ1) is 11.1. The summed E-state index contributed by atoms with van der Waals surface area (Å²) in [6, 6.07) is 1.07. The Hall–Kier alpha value is -2.38. The molecule has 0 saturated heterocycles. The first-order valence-electron chi connectivity index (χ1n) is 7.36. The van der Waals surface area contributed by atoms with Crippen LogP contribution < -0.4 is 10.5 Å². The molecule has 130 valence electrons. The summed E-state index contributed by atoms with van der Waals surface area (Å²) in [5.74, 6) is 0.248. The molecule has 0 aliphatic carbocycles. The molecule has 5 nitrogen and oxygen atoms in total. The lowest BCUT2D eigenvalue weighted by molar-refractivity contribution is -0.139. The van der Waals surface area contributed by atoms with Crippen molar-refractivity contribution in [3.8, 4) is 5.88 Å². The Morgan fingerprint density at radius 1 is 1.21 bits per heavy atom. The Kier molecular flexibility index (Phi) is 4.96. The van der Waals surface area contributed by atoms with Crippen LogP contribution in [0.1, 0.15) is 48.0 Å². The fraction of sp³-hybridized carbons (Fsp3) is 0.438. The second-order valence-electron chi connectivity index (χ2n) is 5.75. The van der Waals surface area contributed by atoms with Gasteiger partial charge in [-0.05, 0) is 24.5 Å². The van der Waals surface area contributed by atoms with Gasteiger partial charge in [-0.25, -0.2) is 15.0 Å². The molecule has 2 aromatic heterocycles. The number of anilines is 1. The van der Waals surface area contributed by atoms with E-state index in [0.717, 1.165) is 6.07 Å². The molecule has 0 aromatic carbocycles. The summed E-state index contributed by atoms with van der Waals surface area (Å²) in [4.78, 5) is 12.2. The third-order valence-electron chi connectivity index (χ3n) is 3.54. The number of nitrogens with two attached hydrogens (primary N) is 1. The smallest absolute Gasteiger partial charge is 0.421 e. The molecule has 0 saturated carbocycles. The molecule has 0 aliphatic rings. The van der Waals surface area contributed by atoms with Crippen molar-refractivity contribution in [2.24, 2.45) is 0 Å². The van der Waals surface area contributed by atoms with Gasteiger partial charge in [0.05, 0.1) is 12.8 Å². The van der Waals surface area contributed by atoms with Gasteiger partial charge >= 0.3 is 6.18 Å². The van der Waals surface area contributed by atoms with E-state index >= 15 is 0 Å². The largest absolute Gasteiger partial charge is 0.481 e. The SMILES string of the molecule is COc1nc(C(C)C)c(Cc2cnc(C)nc2N)cc1C(F)(F)F. The molecular weight excluding hydrogens is 321 g/mol. The summed E-state index contributed by atoms with van der Waals surface area (Å²) in [5.41, 5.74) is 6.46. The first-order valence-corrected chi connectivity index (χ1v) is 7.36. The summed E-state index contributed by atoms with van der Waals surface area (Å²) in [5, 5.41) is 0. The molecule has 0 radical (unpaired) electrons. The van der Waals surface area contributed by atoms with Crippen LogP contribution in [-0.4, -0.2) is 22.1 Å². The van der Waals surface area contributed by atoms with Crippen LogP contribution in [0.4, 0.5) is 19.0 Å². The number of aromatic nitrogens is 3. The van der Waals surface area contributed by atoms with Crippen LogP contribution in [0.15, 0.2) is 12.3 Å². The molecule has 8 heteroatoms. The minimum absolute atomic E-state index is 0.0798. The van der Waals surface area contributed by atoms with Crippen LogP contribution in [0.25, 0.3) is 0 Å². The monoisotopic (exact) mass is 340 g/mol. The molecule has 2 rings (SSSR count). The molecule has 2 N–H and O–H groups in total. The number of rotatable bonds is 4. The highest BCUT2D eigenvalue weighted by molar-refractivity contribution is 5.45. The topological polar surface area (TPSA) is 73.9 Å². The predicted octanol–water partition coefficient (Wildman–Crippen LogP) is 3.50. The van der Waals surface area contributed by atoms with E-state index in [1.807, 2.05) is 13.8 Å². The molecular formula is C16H19F3N4O. The highest BCUT2D eigenvalue weighted by Crippen LogP contribution is 2.38. The van der Waals surface area contributed by atoms with E-state index in [1.54, 1.807) is 6.92 Å². The van der Waals surface area contributed by atoms with Crippen molar-refractivity contribution < 1.29 is 17.9 Å². The molecule has 0 unspecified atom stereocenters. The molecule has 2 aromatic rings. The lowest BCUT2D eigenvalue weighted by Crippen LogP contribution is -2.13. The number of halogens is 3. The first kappa shape index (κ1) is 18.0. The maximum Gasteiger partial charge on any atom is 0.421 e. The number of nitrogen functional groups attached to an aromatic ring is 1. The Morgan fingerprint density at radius 2 is 1.88 bits per heavy atom. The second-order valence-corrected chi connectivity index (χ2v) is 5.75. The Bertz CT molecular complexity index is 745. The number of hydrogen-bond donors (Lipinski definition) is 1. The van der Waals surface area contributed by atoms with E-state index in [1.165, 1.54) is 13.3 Å². The minimum Gasteiger partial charge on any atom is -0.481 e. The highest BCUT2D eigenvalue weighted by Gasteiger charge is 2.36. The molecule has 2 heterocycles.